The summed E-state index contributed by atoms with van der Waals surface area (Å²) in [7, 11) is 2.10. The van der Waals surface area contributed by atoms with Crippen molar-refractivity contribution in [1.82, 2.24) is 10.2 Å². The van der Waals surface area contributed by atoms with Gasteiger partial charge in [-0.1, -0.05) is 6.92 Å². The summed E-state index contributed by atoms with van der Waals surface area (Å²) in [6, 6.07) is 3.65. The smallest absolute Gasteiger partial charge is 0.193 e. The van der Waals surface area contributed by atoms with Crippen LogP contribution in [0.1, 0.15) is 12.7 Å². The molecule has 0 aliphatic heterocycles. The quantitative estimate of drug-likeness (QED) is 0.738. The van der Waals surface area contributed by atoms with Crippen LogP contribution in [-0.4, -0.2) is 31.6 Å². The van der Waals surface area contributed by atoms with Gasteiger partial charge in [-0.2, -0.15) is 0 Å². The van der Waals surface area contributed by atoms with Crippen LogP contribution < -0.4 is 5.32 Å². The van der Waals surface area contributed by atoms with Crippen LogP contribution >= 0.6 is 11.6 Å². The van der Waals surface area contributed by atoms with Gasteiger partial charge in [0, 0.05) is 13.1 Å². The minimum atomic E-state index is 0.451. The lowest BCUT2D eigenvalue weighted by molar-refractivity contribution is 0.345. The molecule has 0 aromatic carbocycles. The van der Waals surface area contributed by atoms with Gasteiger partial charge in [0.25, 0.3) is 0 Å². The maximum Gasteiger partial charge on any atom is 0.193 e. The van der Waals surface area contributed by atoms with Gasteiger partial charge in [-0.05, 0) is 37.3 Å². The Morgan fingerprint density at radius 2 is 2.29 bits per heavy atom. The van der Waals surface area contributed by atoms with Gasteiger partial charge in [-0.15, -0.1) is 0 Å². The summed E-state index contributed by atoms with van der Waals surface area (Å²) in [4.78, 5) is 2.25. The molecule has 1 aromatic rings. The zero-order valence-corrected chi connectivity index (χ0v) is 9.47. The van der Waals surface area contributed by atoms with Crippen molar-refractivity contribution in [3.05, 3.63) is 23.1 Å². The normalized spacial score (nSPS) is 11.1. The van der Waals surface area contributed by atoms with E-state index in [1.165, 1.54) is 0 Å². The van der Waals surface area contributed by atoms with E-state index in [1.54, 1.807) is 6.07 Å². The number of nitrogens with zero attached hydrogens (tertiary/aromatic N) is 1. The summed E-state index contributed by atoms with van der Waals surface area (Å²) >= 11 is 5.64. The van der Waals surface area contributed by atoms with E-state index in [0.29, 0.717) is 5.22 Å². The predicted molar refractivity (Wildman–Crippen MR) is 58.6 cm³/mol. The van der Waals surface area contributed by atoms with E-state index in [1.807, 2.05) is 6.07 Å². The van der Waals surface area contributed by atoms with Crippen molar-refractivity contribution in [3.8, 4) is 0 Å². The van der Waals surface area contributed by atoms with Crippen LogP contribution in [0.15, 0.2) is 16.5 Å². The highest BCUT2D eigenvalue weighted by atomic mass is 35.5. The van der Waals surface area contributed by atoms with Gasteiger partial charge in [0.05, 0.1) is 6.54 Å². The Kier molecular flexibility index (Phi) is 5.01. The SMILES string of the molecule is CCN(C)CCNCc1ccc(Cl)o1. The standard InChI is InChI=1S/C10H17ClN2O/c1-3-13(2)7-6-12-8-9-4-5-10(11)14-9/h4-5,12H,3,6-8H2,1-2H3. The zero-order valence-electron chi connectivity index (χ0n) is 8.72. The highest BCUT2D eigenvalue weighted by Gasteiger charge is 1.99. The average molecular weight is 217 g/mol. The summed E-state index contributed by atoms with van der Waals surface area (Å²) in [6.45, 7) is 5.97. The fourth-order valence-electron chi connectivity index (χ4n) is 1.09. The first-order chi connectivity index (χ1) is 6.72. The molecule has 0 bridgehead atoms. The van der Waals surface area contributed by atoms with E-state index >= 15 is 0 Å². The van der Waals surface area contributed by atoms with Crippen LogP contribution in [0.4, 0.5) is 0 Å². The summed E-state index contributed by atoms with van der Waals surface area (Å²) in [5, 5.41) is 3.74. The lowest BCUT2D eigenvalue weighted by atomic mass is 10.4. The molecule has 1 heterocycles. The number of nitrogens with one attached hydrogen (secondary N) is 1. The molecule has 0 spiro atoms. The third kappa shape index (κ3) is 4.13. The highest BCUT2D eigenvalue weighted by molar-refractivity contribution is 6.28. The van der Waals surface area contributed by atoms with Crippen molar-refractivity contribution in [2.75, 3.05) is 26.7 Å². The Labute approximate surface area is 90.0 Å². The van der Waals surface area contributed by atoms with Crippen molar-refractivity contribution >= 4 is 11.6 Å². The van der Waals surface area contributed by atoms with Crippen LogP contribution in [0.3, 0.4) is 0 Å². The van der Waals surface area contributed by atoms with Crippen LogP contribution in [0.5, 0.6) is 0 Å². The van der Waals surface area contributed by atoms with E-state index < -0.39 is 0 Å². The number of hydrogen-bond acceptors (Lipinski definition) is 3. The summed E-state index contributed by atoms with van der Waals surface area (Å²) < 4.78 is 5.21. The van der Waals surface area contributed by atoms with Crippen molar-refractivity contribution in [2.45, 2.75) is 13.5 Å². The Balaban J connectivity index is 2.10. The first kappa shape index (κ1) is 11.6. The van der Waals surface area contributed by atoms with E-state index in [0.717, 1.165) is 31.9 Å². The topological polar surface area (TPSA) is 28.4 Å². The van der Waals surface area contributed by atoms with Gasteiger partial charge < -0.3 is 14.6 Å². The summed E-state index contributed by atoms with van der Waals surface area (Å²) in [5.74, 6) is 0.883. The molecule has 0 atom stereocenters. The van der Waals surface area contributed by atoms with Crippen LogP contribution in [-0.2, 0) is 6.54 Å². The van der Waals surface area contributed by atoms with Crippen molar-refractivity contribution in [1.29, 1.82) is 0 Å². The second-order valence-electron chi connectivity index (χ2n) is 3.28. The third-order valence-corrected chi connectivity index (χ3v) is 2.34. The molecule has 0 saturated carbocycles. The molecule has 0 radical (unpaired) electrons. The fraction of sp³-hybridized carbons (Fsp3) is 0.600. The molecule has 1 rings (SSSR count). The first-order valence-electron chi connectivity index (χ1n) is 4.86. The van der Waals surface area contributed by atoms with E-state index in [-0.39, 0.29) is 0 Å². The molecule has 0 saturated heterocycles. The Morgan fingerprint density at radius 1 is 1.50 bits per heavy atom. The van der Waals surface area contributed by atoms with Crippen LogP contribution in [0, 0.1) is 0 Å². The van der Waals surface area contributed by atoms with Crippen LogP contribution in [0.2, 0.25) is 5.22 Å². The van der Waals surface area contributed by atoms with Crippen molar-refractivity contribution in [2.24, 2.45) is 0 Å². The number of hydrogen-bond donors (Lipinski definition) is 1. The molecule has 4 heteroatoms. The molecule has 0 fully saturated rings. The largest absolute Gasteiger partial charge is 0.448 e. The minimum absolute atomic E-state index is 0.451. The molecule has 14 heavy (non-hydrogen) atoms. The van der Waals surface area contributed by atoms with Gasteiger partial charge in [-0.3, -0.25) is 0 Å². The Hall–Kier alpha value is -0.510. The highest BCUT2D eigenvalue weighted by Crippen LogP contribution is 2.12. The molecular formula is C10H17ClN2O. The van der Waals surface area contributed by atoms with Crippen molar-refractivity contribution < 1.29 is 4.42 Å². The Morgan fingerprint density at radius 3 is 2.86 bits per heavy atom. The summed E-state index contributed by atoms with van der Waals surface area (Å²) in [5.41, 5.74) is 0. The van der Waals surface area contributed by atoms with E-state index in [9.17, 15) is 0 Å². The molecular weight excluding hydrogens is 200 g/mol. The number of halogens is 1. The van der Waals surface area contributed by atoms with Gasteiger partial charge in [-0.25, -0.2) is 0 Å². The van der Waals surface area contributed by atoms with E-state index in [2.05, 4.69) is 24.2 Å². The lowest BCUT2D eigenvalue weighted by Gasteiger charge is -2.13. The maximum atomic E-state index is 5.64. The maximum absolute atomic E-state index is 5.64. The van der Waals surface area contributed by atoms with Gasteiger partial charge in [0.1, 0.15) is 5.76 Å². The second kappa shape index (κ2) is 6.06. The van der Waals surface area contributed by atoms with Crippen molar-refractivity contribution in [3.63, 3.8) is 0 Å². The average Bonchev–Trinajstić information content (AvgIpc) is 2.58. The summed E-state index contributed by atoms with van der Waals surface area (Å²) in [6.07, 6.45) is 0. The van der Waals surface area contributed by atoms with Crippen LogP contribution in [0.25, 0.3) is 0 Å². The first-order valence-corrected chi connectivity index (χ1v) is 5.23. The molecule has 1 N–H and O–H groups in total. The molecule has 80 valence electrons. The predicted octanol–water partition coefficient (Wildman–Crippen LogP) is 1.97. The lowest BCUT2D eigenvalue weighted by Crippen LogP contribution is -2.28. The molecule has 0 aliphatic rings. The van der Waals surface area contributed by atoms with Gasteiger partial charge >= 0.3 is 0 Å². The third-order valence-electron chi connectivity index (χ3n) is 2.14. The second-order valence-corrected chi connectivity index (χ2v) is 3.65. The molecule has 0 amide bonds. The Bertz CT molecular complexity index is 262. The monoisotopic (exact) mass is 216 g/mol. The zero-order chi connectivity index (χ0) is 10.4. The fourth-order valence-corrected chi connectivity index (χ4v) is 1.25. The van der Waals surface area contributed by atoms with Gasteiger partial charge in [0.15, 0.2) is 5.22 Å². The molecule has 3 nitrogen and oxygen atoms in total. The minimum Gasteiger partial charge on any atom is -0.448 e. The van der Waals surface area contributed by atoms with E-state index in [4.69, 9.17) is 16.0 Å². The number of likely N-dealkylation sites (N-methyl/N-ethyl adjacent to an activating group) is 1. The number of furan rings is 1. The number of rotatable bonds is 6. The molecule has 0 unspecified atom stereocenters. The molecule has 1 aromatic heterocycles. The van der Waals surface area contributed by atoms with Gasteiger partial charge in [0.2, 0.25) is 0 Å². The molecule has 0 aliphatic carbocycles.